The molecule has 3 nitrogen and oxygen atoms in total. The molecule has 0 amide bonds. The Morgan fingerprint density at radius 3 is 2.70 bits per heavy atom. The van der Waals surface area contributed by atoms with Gasteiger partial charge in [0.25, 0.3) is 0 Å². The average molecular weight is 269 g/mol. The zero-order valence-corrected chi connectivity index (χ0v) is 12.6. The maximum absolute atomic E-state index is 4.55. The molecule has 1 saturated heterocycles. The molecule has 0 aliphatic carbocycles. The molecule has 106 valence electrons. The van der Waals surface area contributed by atoms with Crippen molar-refractivity contribution in [3.8, 4) is 11.3 Å². The Labute approximate surface area is 120 Å². The number of imidazole rings is 1. The first-order valence-electron chi connectivity index (χ1n) is 7.49. The first kappa shape index (κ1) is 13.4. The smallest absolute Gasteiger partial charge is 0.108 e. The molecule has 1 aromatic carbocycles. The fourth-order valence-corrected chi connectivity index (χ4v) is 3.02. The molecule has 0 spiro atoms. The van der Waals surface area contributed by atoms with Crippen LogP contribution in [0.3, 0.4) is 0 Å². The molecular formula is C17H23N3. The van der Waals surface area contributed by atoms with E-state index in [-0.39, 0.29) is 0 Å². The van der Waals surface area contributed by atoms with E-state index >= 15 is 0 Å². The van der Waals surface area contributed by atoms with Crippen molar-refractivity contribution in [1.82, 2.24) is 15.3 Å². The van der Waals surface area contributed by atoms with Crippen molar-refractivity contribution in [3.05, 3.63) is 40.8 Å². The summed E-state index contributed by atoms with van der Waals surface area (Å²) in [4.78, 5) is 8.05. The Balaban J connectivity index is 1.84. The minimum atomic E-state index is 0.592. The number of hydrogen-bond acceptors (Lipinski definition) is 2. The Morgan fingerprint density at radius 2 is 1.95 bits per heavy atom. The summed E-state index contributed by atoms with van der Waals surface area (Å²) in [5, 5.41) is 3.52. The third kappa shape index (κ3) is 2.63. The highest BCUT2D eigenvalue weighted by Gasteiger charge is 2.16. The molecule has 0 saturated carbocycles. The predicted octanol–water partition coefficient (Wildman–Crippen LogP) is 3.30. The van der Waals surface area contributed by atoms with Crippen LogP contribution < -0.4 is 5.32 Å². The maximum atomic E-state index is 4.55. The van der Waals surface area contributed by atoms with Gasteiger partial charge in [-0.25, -0.2) is 4.98 Å². The molecule has 1 aromatic heterocycles. The summed E-state index contributed by atoms with van der Waals surface area (Å²) in [7, 11) is 0. The van der Waals surface area contributed by atoms with Gasteiger partial charge >= 0.3 is 0 Å². The highest BCUT2D eigenvalue weighted by atomic mass is 15.0. The third-order valence-corrected chi connectivity index (χ3v) is 4.36. The topological polar surface area (TPSA) is 40.7 Å². The Kier molecular flexibility index (Phi) is 3.62. The van der Waals surface area contributed by atoms with Crippen molar-refractivity contribution >= 4 is 0 Å². The molecule has 3 heteroatoms. The summed E-state index contributed by atoms with van der Waals surface area (Å²) >= 11 is 0. The lowest BCUT2D eigenvalue weighted by molar-refractivity contribution is 0.589. The van der Waals surface area contributed by atoms with Crippen LogP contribution in [0.5, 0.6) is 0 Å². The van der Waals surface area contributed by atoms with E-state index in [9.17, 15) is 0 Å². The monoisotopic (exact) mass is 269 g/mol. The zero-order chi connectivity index (χ0) is 14.1. The number of nitrogens with zero attached hydrogens (tertiary/aromatic N) is 1. The standard InChI is InChI=1S/C17H23N3/c1-11-7-13(3)15(8-12(11)2)16-10-19-17(20-16)9-14-5-4-6-18-14/h7-8,10,14,18H,4-6,9H2,1-3H3,(H,19,20). The van der Waals surface area contributed by atoms with Crippen molar-refractivity contribution in [2.45, 2.75) is 46.1 Å². The van der Waals surface area contributed by atoms with Gasteiger partial charge in [0.2, 0.25) is 0 Å². The predicted molar refractivity (Wildman–Crippen MR) is 83.0 cm³/mol. The Morgan fingerprint density at radius 1 is 1.15 bits per heavy atom. The first-order valence-corrected chi connectivity index (χ1v) is 7.49. The van der Waals surface area contributed by atoms with Gasteiger partial charge in [0.1, 0.15) is 5.82 Å². The second-order valence-electron chi connectivity index (χ2n) is 5.99. The van der Waals surface area contributed by atoms with Gasteiger partial charge < -0.3 is 10.3 Å². The quantitative estimate of drug-likeness (QED) is 0.897. The van der Waals surface area contributed by atoms with Crippen molar-refractivity contribution in [2.24, 2.45) is 0 Å². The highest BCUT2D eigenvalue weighted by Crippen LogP contribution is 2.25. The summed E-state index contributed by atoms with van der Waals surface area (Å²) in [6, 6.07) is 5.11. The SMILES string of the molecule is Cc1cc(C)c(-c2cnc(CC3CCCN3)[nH]2)cc1C. The van der Waals surface area contributed by atoms with E-state index in [0.29, 0.717) is 6.04 Å². The summed E-state index contributed by atoms with van der Waals surface area (Å²) in [6.07, 6.45) is 5.53. The van der Waals surface area contributed by atoms with Gasteiger partial charge in [-0.2, -0.15) is 0 Å². The van der Waals surface area contributed by atoms with Gasteiger partial charge in [0.15, 0.2) is 0 Å². The van der Waals surface area contributed by atoms with Crippen molar-refractivity contribution in [2.75, 3.05) is 6.54 Å². The van der Waals surface area contributed by atoms with Gasteiger partial charge in [-0.1, -0.05) is 6.07 Å². The largest absolute Gasteiger partial charge is 0.342 e. The lowest BCUT2D eigenvalue weighted by atomic mass is 9.99. The van der Waals surface area contributed by atoms with E-state index in [1.165, 1.54) is 35.1 Å². The second-order valence-corrected chi connectivity index (χ2v) is 5.99. The molecule has 1 unspecified atom stereocenters. The molecule has 0 bridgehead atoms. The molecule has 3 rings (SSSR count). The van der Waals surface area contributed by atoms with Crippen LogP contribution in [0.15, 0.2) is 18.3 Å². The summed E-state index contributed by atoms with van der Waals surface area (Å²) in [5.41, 5.74) is 6.40. The molecule has 20 heavy (non-hydrogen) atoms. The number of nitrogens with one attached hydrogen (secondary N) is 2. The molecule has 1 atom stereocenters. The summed E-state index contributed by atoms with van der Waals surface area (Å²) in [5.74, 6) is 1.09. The van der Waals surface area contributed by atoms with Crippen LogP contribution in [-0.2, 0) is 6.42 Å². The normalized spacial score (nSPS) is 18.6. The fraction of sp³-hybridized carbons (Fsp3) is 0.471. The van der Waals surface area contributed by atoms with Gasteiger partial charge in [0, 0.05) is 18.0 Å². The van der Waals surface area contributed by atoms with E-state index in [0.717, 1.165) is 24.5 Å². The van der Waals surface area contributed by atoms with Gasteiger partial charge in [-0.05, 0) is 62.9 Å². The van der Waals surface area contributed by atoms with E-state index in [1.807, 2.05) is 6.20 Å². The molecule has 1 aliphatic rings. The fourth-order valence-electron chi connectivity index (χ4n) is 3.02. The van der Waals surface area contributed by atoms with Crippen molar-refractivity contribution < 1.29 is 0 Å². The van der Waals surface area contributed by atoms with E-state index in [4.69, 9.17) is 0 Å². The molecule has 2 N–H and O–H groups in total. The van der Waals surface area contributed by atoms with E-state index in [2.05, 4.69) is 48.2 Å². The third-order valence-electron chi connectivity index (χ3n) is 4.36. The van der Waals surface area contributed by atoms with Gasteiger partial charge in [0.05, 0.1) is 11.9 Å². The van der Waals surface area contributed by atoms with Crippen LogP contribution in [-0.4, -0.2) is 22.6 Å². The number of aromatic nitrogens is 2. The number of H-pyrrole nitrogens is 1. The second kappa shape index (κ2) is 5.41. The van der Waals surface area contributed by atoms with Crippen LogP contribution in [0.25, 0.3) is 11.3 Å². The van der Waals surface area contributed by atoms with Gasteiger partial charge in [-0.15, -0.1) is 0 Å². The van der Waals surface area contributed by atoms with Gasteiger partial charge in [-0.3, -0.25) is 0 Å². The van der Waals surface area contributed by atoms with Crippen LogP contribution in [0, 0.1) is 20.8 Å². The average Bonchev–Trinajstić information content (AvgIpc) is 3.06. The molecule has 2 aromatic rings. The van der Waals surface area contributed by atoms with E-state index in [1.54, 1.807) is 0 Å². The minimum Gasteiger partial charge on any atom is -0.342 e. The summed E-state index contributed by atoms with van der Waals surface area (Å²) in [6.45, 7) is 7.64. The van der Waals surface area contributed by atoms with Crippen LogP contribution in [0.2, 0.25) is 0 Å². The molecule has 1 aliphatic heterocycles. The molecule has 0 radical (unpaired) electrons. The molecule has 2 heterocycles. The number of rotatable bonds is 3. The maximum Gasteiger partial charge on any atom is 0.108 e. The zero-order valence-electron chi connectivity index (χ0n) is 12.6. The number of benzene rings is 1. The van der Waals surface area contributed by atoms with Crippen molar-refractivity contribution in [1.29, 1.82) is 0 Å². The lowest BCUT2D eigenvalue weighted by Crippen LogP contribution is -2.24. The molecular weight excluding hydrogens is 246 g/mol. The highest BCUT2D eigenvalue weighted by molar-refractivity contribution is 5.65. The van der Waals surface area contributed by atoms with Crippen molar-refractivity contribution in [3.63, 3.8) is 0 Å². The van der Waals surface area contributed by atoms with Crippen LogP contribution in [0.1, 0.15) is 35.4 Å². The Bertz CT molecular complexity index is 607. The van der Waals surface area contributed by atoms with E-state index < -0.39 is 0 Å². The minimum absolute atomic E-state index is 0.592. The number of hydrogen-bond donors (Lipinski definition) is 2. The Hall–Kier alpha value is -1.61. The first-order chi connectivity index (χ1) is 9.63. The summed E-state index contributed by atoms with van der Waals surface area (Å²) < 4.78 is 0. The number of aryl methyl sites for hydroxylation is 3. The molecule has 1 fully saturated rings. The van der Waals surface area contributed by atoms with Crippen LogP contribution in [0.4, 0.5) is 0 Å². The van der Waals surface area contributed by atoms with Crippen LogP contribution >= 0.6 is 0 Å². The lowest BCUT2D eigenvalue weighted by Gasteiger charge is -2.09. The number of aromatic amines is 1.